The summed E-state index contributed by atoms with van der Waals surface area (Å²) in [6, 6.07) is 22.1. The molecule has 27 heavy (non-hydrogen) atoms. The molecule has 0 N–H and O–H groups in total. The van der Waals surface area contributed by atoms with Gasteiger partial charge in [0.1, 0.15) is 0 Å². The van der Waals surface area contributed by atoms with Gasteiger partial charge in [-0.2, -0.15) is 0 Å². The molecule has 0 bridgehead atoms. The van der Waals surface area contributed by atoms with Crippen LogP contribution < -0.4 is 4.90 Å². The number of likely N-dealkylation sites (tertiary alicyclic amines) is 1. The lowest BCUT2D eigenvalue weighted by Crippen LogP contribution is -2.46. The van der Waals surface area contributed by atoms with Crippen molar-refractivity contribution in [2.75, 3.05) is 24.5 Å². The smallest absolute Gasteiger partial charge is 0.0410 e. The third-order valence-corrected chi connectivity index (χ3v) is 5.97. The number of anilines is 1. The van der Waals surface area contributed by atoms with Crippen molar-refractivity contribution in [3.63, 3.8) is 0 Å². The van der Waals surface area contributed by atoms with E-state index in [2.05, 4.69) is 90.9 Å². The second-order valence-electron chi connectivity index (χ2n) is 7.80. The zero-order valence-electron chi connectivity index (χ0n) is 17.0. The van der Waals surface area contributed by atoms with Crippen LogP contribution in [0.15, 0.2) is 72.9 Å². The van der Waals surface area contributed by atoms with Gasteiger partial charge in [0.15, 0.2) is 0 Å². The molecule has 3 rings (SSSR count). The first-order valence-corrected chi connectivity index (χ1v) is 10.5. The topological polar surface area (TPSA) is 6.48 Å². The number of hydrogen-bond acceptors (Lipinski definition) is 2. The van der Waals surface area contributed by atoms with Crippen molar-refractivity contribution in [3.8, 4) is 0 Å². The van der Waals surface area contributed by atoms with Crippen LogP contribution in [0.4, 0.5) is 5.69 Å². The van der Waals surface area contributed by atoms with Gasteiger partial charge in [-0.1, -0.05) is 62.0 Å². The molecule has 1 aliphatic rings. The number of allylic oxidation sites excluding steroid dienone is 1. The zero-order chi connectivity index (χ0) is 19.1. The predicted octanol–water partition coefficient (Wildman–Crippen LogP) is 5.76. The summed E-state index contributed by atoms with van der Waals surface area (Å²) in [7, 11) is 0. The van der Waals surface area contributed by atoms with Crippen molar-refractivity contribution in [2.24, 2.45) is 5.92 Å². The van der Waals surface area contributed by atoms with Crippen LogP contribution in [-0.4, -0.2) is 30.6 Å². The lowest BCUT2D eigenvalue weighted by Gasteiger charge is -2.42. The minimum Gasteiger partial charge on any atom is -0.343 e. The maximum Gasteiger partial charge on any atom is 0.0410 e. The van der Waals surface area contributed by atoms with Gasteiger partial charge >= 0.3 is 0 Å². The van der Waals surface area contributed by atoms with Crippen LogP contribution in [-0.2, 0) is 6.42 Å². The van der Waals surface area contributed by atoms with Crippen molar-refractivity contribution in [1.82, 2.24) is 4.90 Å². The minimum absolute atomic E-state index is 0.472. The number of para-hydroxylation sites is 1. The Hall–Kier alpha value is -2.06. The fourth-order valence-electron chi connectivity index (χ4n) is 4.30. The highest BCUT2D eigenvalue weighted by atomic mass is 15.2. The first-order valence-electron chi connectivity index (χ1n) is 10.5. The van der Waals surface area contributed by atoms with E-state index < -0.39 is 0 Å². The van der Waals surface area contributed by atoms with E-state index in [0.717, 1.165) is 19.4 Å². The second-order valence-corrected chi connectivity index (χ2v) is 7.80. The molecule has 0 aromatic heterocycles. The van der Waals surface area contributed by atoms with Crippen molar-refractivity contribution in [3.05, 3.63) is 78.5 Å². The Labute approximate surface area is 165 Å². The SMILES string of the molecule is C=C(CC)N(c1ccccc1)C(C)C1CCCN(CCc2ccccc2)C1. The average molecular weight is 363 g/mol. The molecule has 0 saturated carbocycles. The maximum atomic E-state index is 4.37. The van der Waals surface area contributed by atoms with Crippen molar-refractivity contribution in [1.29, 1.82) is 0 Å². The lowest BCUT2D eigenvalue weighted by atomic mass is 9.89. The molecule has 1 saturated heterocycles. The van der Waals surface area contributed by atoms with Gasteiger partial charge in [0.05, 0.1) is 0 Å². The van der Waals surface area contributed by atoms with Crippen LogP contribution >= 0.6 is 0 Å². The monoisotopic (exact) mass is 362 g/mol. The molecule has 2 atom stereocenters. The number of hydrogen-bond donors (Lipinski definition) is 0. The quantitative estimate of drug-likeness (QED) is 0.589. The highest BCUT2D eigenvalue weighted by Gasteiger charge is 2.29. The Bertz CT molecular complexity index is 695. The van der Waals surface area contributed by atoms with E-state index in [1.807, 2.05) is 0 Å². The second kappa shape index (κ2) is 9.75. The van der Waals surface area contributed by atoms with E-state index in [4.69, 9.17) is 0 Å². The number of rotatable bonds is 8. The summed E-state index contributed by atoms with van der Waals surface area (Å²) in [6.07, 6.45) is 4.74. The van der Waals surface area contributed by atoms with Crippen molar-refractivity contribution < 1.29 is 0 Å². The molecule has 1 aliphatic heterocycles. The Morgan fingerprint density at radius 3 is 2.44 bits per heavy atom. The molecular weight excluding hydrogens is 328 g/mol. The van der Waals surface area contributed by atoms with E-state index >= 15 is 0 Å². The van der Waals surface area contributed by atoms with Gasteiger partial charge in [0.25, 0.3) is 0 Å². The van der Waals surface area contributed by atoms with E-state index in [0.29, 0.717) is 12.0 Å². The molecule has 0 radical (unpaired) electrons. The molecule has 2 nitrogen and oxygen atoms in total. The molecule has 2 heteroatoms. The summed E-state index contributed by atoms with van der Waals surface area (Å²) in [5, 5.41) is 0. The summed E-state index contributed by atoms with van der Waals surface area (Å²) < 4.78 is 0. The zero-order valence-corrected chi connectivity index (χ0v) is 17.0. The average Bonchev–Trinajstić information content (AvgIpc) is 2.74. The number of piperidine rings is 1. The van der Waals surface area contributed by atoms with Gasteiger partial charge in [0.2, 0.25) is 0 Å². The van der Waals surface area contributed by atoms with Crippen LogP contribution in [0.5, 0.6) is 0 Å². The summed E-state index contributed by atoms with van der Waals surface area (Å²) in [4.78, 5) is 5.14. The Kier molecular flexibility index (Phi) is 7.11. The number of nitrogens with zero attached hydrogens (tertiary/aromatic N) is 2. The number of benzene rings is 2. The highest BCUT2D eigenvalue weighted by molar-refractivity contribution is 5.52. The molecule has 2 aromatic rings. The summed E-state index contributed by atoms with van der Waals surface area (Å²) in [5.74, 6) is 0.679. The minimum atomic E-state index is 0.472. The van der Waals surface area contributed by atoms with E-state index in [1.165, 1.54) is 42.9 Å². The van der Waals surface area contributed by atoms with Crippen LogP contribution in [0.3, 0.4) is 0 Å². The first kappa shape index (κ1) is 19.7. The maximum absolute atomic E-state index is 4.37. The van der Waals surface area contributed by atoms with Crippen molar-refractivity contribution in [2.45, 2.75) is 45.6 Å². The molecule has 0 aliphatic carbocycles. The fourth-order valence-corrected chi connectivity index (χ4v) is 4.30. The van der Waals surface area contributed by atoms with Gasteiger partial charge in [0, 0.05) is 30.5 Å². The molecule has 0 amide bonds. The van der Waals surface area contributed by atoms with E-state index in [-0.39, 0.29) is 0 Å². The predicted molar refractivity (Wildman–Crippen MR) is 117 cm³/mol. The highest BCUT2D eigenvalue weighted by Crippen LogP contribution is 2.30. The molecule has 1 heterocycles. The summed E-state index contributed by atoms with van der Waals surface area (Å²) in [6.45, 7) is 12.5. The van der Waals surface area contributed by atoms with Gasteiger partial charge in [-0.15, -0.1) is 0 Å². The van der Waals surface area contributed by atoms with Gasteiger partial charge < -0.3 is 9.80 Å². The van der Waals surface area contributed by atoms with Crippen LogP contribution in [0.2, 0.25) is 0 Å². The summed E-state index contributed by atoms with van der Waals surface area (Å²) in [5.41, 5.74) is 3.94. The van der Waals surface area contributed by atoms with Crippen LogP contribution in [0.25, 0.3) is 0 Å². The summed E-state index contributed by atoms with van der Waals surface area (Å²) >= 11 is 0. The molecule has 2 unspecified atom stereocenters. The van der Waals surface area contributed by atoms with Gasteiger partial charge in [-0.3, -0.25) is 0 Å². The Balaban J connectivity index is 1.65. The normalized spacial score (nSPS) is 18.8. The third kappa shape index (κ3) is 5.23. The van der Waals surface area contributed by atoms with Gasteiger partial charge in [-0.05, 0) is 62.8 Å². The van der Waals surface area contributed by atoms with Gasteiger partial charge in [-0.25, -0.2) is 0 Å². The molecule has 144 valence electrons. The molecule has 2 aromatic carbocycles. The first-order chi connectivity index (χ1) is 13.2. The molecule has 1 fully saturated rings. The van der Waals surface area contributed by atoms with Crippen LogP contribution in [0.1, 0.15) is 38.7 Å². The van der Waals surface area contributed by atoms with E-state index in [9.17, 15) is 0 Å². The fraction of sp³-hybridized carbons (Fsp3) is 0.440. The Morgan fingerprint density at radius 2 is 1.78 bits per heavy atom. The largest absolute Gasteiger partial charge is 0.343 e. The molecular formula is C25H34N2. The Morgan fingerprint density at radius 1 is 1.11 bits per heavy atom. The van der Waals surface area contributed by atoms with Crippen molar-refractivity contribution >= 4 is 5.69 Å². The standard InChI is InChI=1S/C25H34N2/c1-4-21(2)27(25-15-9-6-10-16-25)22(3)24-14-11-18-26(20-24)19-17-23-12-7-5-8-13-23/h5-10,12-13,15-16,22,24H,2,4,11,14,17-20H2,1,3H3. The van der Waals surface area contributed by atoms with Crippen LogP contribution in [0, 0.1) is 5.92 Å². The third-order valence-electron chi connectivity index (χ3n) is 5.97. The van der Waals surface area contributed by atoms with E-state index in [1.54, 1.807) is 0 Å². The lowest BCUT2D eigenvalue weighted by molar-refractivity contribution is 0.161. The molecule has 0 spiro atoms.